The third-order valence-corrected chi connectivity index (χ3v) is 3.72. The van der Waals surface area contributed by atoms with Crippen LogP contribution in [-0.4, -0.2) is 37.1 Å². The van der Waals surface area contributed by atoms with Crippen LogP contribution in [-0.2, 0) is 4.74 Å². The van der Waals surface area contributed by atoms with Gasteiger partial charge in [-0.15, -0.1) is 0 Å². The highest BCUT2D eigenvalue weighted by Gasteiger charge is 2.14. The van der Waals surface area contributed by atoms with E-state index in [1.807, 2.05) is 0 Å². The molecule has 5 heteroatoms. The minimum Gasteiger partial charge on any atom is -0.462 e. The average molecular weight is 283 g/mol. The predicted molar refractivity (Wildman–Crippen MR) is 76.4 cm³/mol. The molecule has 1 aromatic carbocycles. The molecule has 0 bridgehead atoms. The van der Waals surface area contributed by atoms with E-state index >= 15 is 0 Å². The molecule has 1 fully saturated rings. The van der Waals surface area contributed by atoms with Crippen LogP contribution in [0.5, 0.6) is 0 Å². The van der Waals surface area contributed by atoms with Gasteiger partial charge in [0.1, 0.15) is 0 Å². The molecule has 0 unspecified atom stereocenters. The zero-order valence-corrected chi connectivity index (χ0v) is 11.7. The van der Waals surface area contributed by atoms with Gasteiger partial charge >= 0.3 is 5.97 Å². The van der Waals surface area contributed by atoms with Gasteiger partial charge in [0.05, 0.1) is 22.9 Å². The number of hydrogen-bond acceptors (Lipinski definition) is 4. The van der Waals surface area contributed by atoms with Gasteiger partial charge in [0.25, 0.3) is 0 Å². The van der Waals surface area contributed by atoms with Crippen LogP contribution < -0.4 is 5.73 Å². The summed E-state index contributed by atoms with van der Waals surface area (Å²) in [6.45, 7) is 3.72. The summed E-state index contributed by atoms with van der Waals surface area (Å²) in [6, 6.07) is 4.98. The maximum atomic E-state index is 11.8. The maximum absolute atomic E-state index is 11.8. The third-order valence-electron chi connectivity index (χ3n) is 3.30. The number of benzene rings is 1. The van der Waals surface area contributed by atoms with Crippen molar-refractivity contribution in [3.05, 3.63) is 28.8 Å². The van der Waals surface area contributed by atoms with E-state index in [0.717, 1.165) is 26.1 Å². The van der Waals surface area contributed by atoms with E-state index in [-0.39, 0.29) is 5.02 Å². The summed E-state index contributed by atoms with van der Waals surface area (Å²) < 4.78 is 5.22. The smallest absolute Gasteiger partial charge is 0.339 e. The molecule has 2 N–H and O–H groups in total. The van der Waals surface area contributed by atoms with Gasteiger partial charge in [-0.1, -0.05) is 17.7 Å². The van der Waals surface area contributed by atoms with Gasteiger partial charge in [-0.05, 0) is 44.5 Å². The third kappa shape index (κ3) is 3.85. The van der Waals surface area contributed by atoms with Crippen molar-refractivity contribution in [3.8, 4) is 0 Å². The van der Waals surface area contributed by atoms with Crippen molar-refractivity contribution < 1.29 is 9.53 Å². The number of rotatable bonds is 5. The largest absolute Gasteiger partial charge is 0.462 e. The number of hydrogen-bond donors (Lipinski definition) is 1. The Labute approximate surface area is 118 Å². The fourth-order valence-corrected chi connectivity index (χ4v) is 2.45. The van der Waals surface area contributed by atoms with Crippen molar-refractivity contribution in [2.45, 2.75) is 19.3 Å². The molecule has 0 aromatic heterocycles. The van der Waals surface area contributed by atoms with E-state index in [1.165, 1.54) is 12.8 Å². The second-order valence-corrected chi connectivity index (χ2v) is 5.12. The lowest BCUT2D eigenvalue weighted by atomic mass is 10.2. The number of ether oxygens (including phenoxy) is 1. The number of nitrogen functional groups attached to an aromatic ring is 1. The number of esters is 1. The van der Waals surface area contributed by atoms with Crippen LogP contribution >= 0.6 is 11.6 Å². The van der Waals surface area contributed by atoms with Crippen molar-refractivity contribution >= 4 is 23.3 Å². The van der Waals surface area contributed by atoms with E-state index in [2.05, 4.69) is 4.90 Å². The molecule has 0 radical (unpaired) electrons. The molecule has 1 aliphatic heterocycles. The molecule has 4 nitrogen and oxygen atoms in total. The summed E-state index contributed by atoms with van der Waals surface area (Å²) in [5.74, 6) is -0.404. The average Bonchev–Trinajstić information content (AvgIpc) is 2.91. The molecule has 1 aliphatic rings. The Balaban J connectivity index is 1.76. The molecule has 0 amide bonds. The van der Waals surface area contributed by atoms with E-state index in [1.54, 1.807) is 18.2 Å². The predicted octanol–water partition coefficient (Wildman–Crippen LogP) is 2.56. The molecule has 0 spiro atoms. The number of likely N-dealkylation sites (tertiary alicyclic amines) is 1. The van der Waals surface area contributed by atoms with Gasteiger partial charge < -0.3 is 15.4 Å². The molecule has 104 valence electrons. The Morgan fingerprint density at radius 3 is 2.84 bits per heavy atom. The number of halogens is 1. The number of carbonyl (C=O) groups excluding carboxylic acids is 1. The van der Waals surface area contributed by atoms with Gasteiger partial charge in [0.15, 0.2) is 0 Å². The highest BCUT2D eigenvalue weighted by Crippen LogP contribution is 2.23. The standard InChI is InChI=1S/C14H19ClN2O2/c15-13-11(5-3-6-12(13)16)14(18)19-10-4-9-17-7-1-2-8-17/h3,5-6H,1-2,4,7-10,16H2. The van der Waals surface area contributed by atoms with Crippen LogP contribution in [0, 0.1) is 0 Å². The van der Waals surface area contributed by atoms with E-state index in [4.69, 9.17) is 22.1 Å². The van der Waals surface area contributed by atoms with Crippen LogP contribution in [0.2, 0.25) is 5.02 Å². The Morgan fingerprint density at radius 1 is 1.37 bits per heavy atom. The number of carbonyl (C=O) groups is 1. The topological polar surface area (TPSA) is 55.6 Å². The number of nitrogens with zero attached hydrogens (tertiary/aromatic N) is 1. The minimum atomic E-state index is -0.404. The van der Waals surface area contributed by atoms with Gasteiger partial charge in [-0.3, -0.25) is 0 Å². The summed E-state index contributed by atoms with van der Waals surface area (Å²) in [7, 11) is 0. The minimum absolute atomic E-state index is 0.270. The molecular formula is C14H19ClN2O2. The van der Waals surface area contributed by atoms with Crippen molar-refractivity contribution in [1.29, 1.82) is 0 Å². The van der Waals surface area contributed by atoms with Crippen molar-refractivity contribution in [1.82, 2.24) is 4.90 Å². The van der Waals surface area contributed by atoms with Crippen LogP contribution in [0.1, 0.15) is 29.6 Å². The fraction of sp³-hybridized carbons (Fsp3) is 0.500. The van der Waals surface area contributed by atoms with Crippen molar-refractivity contribution in [3.63, 3.8) is 0 Å². The molecule has 1 saturated heterocycles. The molecule has 0 atom stereocenters. The van der Waals surface area contributed by atoms with Gasteiger partial charge in [-0.25, -0.2) is 4.79 Å². The highest BCUT2D eigenvalue weighted by atomic mass is 35.5. The fourth-order valence-electron chi connectivity index (χ4n) is 2.24. The first-order valence-corrected chi connectivity index (χ1v) is 7.00. The molecule has 2 rings (SSSR count). The van der Waals surface area contributed by atoms with Crippen LogP contribution in [0.3, 0.4) is 0 Å². The number of anilines is 1. The van der Waals surface area contributed by atoms with E-state index in [9.17, 15) is 4.79 Å². The summed E-state index contributed by atoms with van der Waals surface area (Å²) in [5.41, 5.74) is 6.38. The second-order valence-electron chi connectivity index (χ2n) is 4.75. The monoisotopic (exact) mass is 282 g/mol. The van der Waals surface area contributed by atoms with E-state index in [0.29, 0.717) is 17.9 Å². The second kappa shape index (κ2) is 6.78. The molecule has 1 heterocycles. The SMILES string of the molecule is Nc1cccc(C(=O)OCCCN2CCCC2)c1Cl. The lowest BCUT2D eigenvalue weighted by molar-refractivity contribution is 0.0491. The quantitative estimate of drug-likeness (QED) is 0.512. The maximum Gasteiger partial charge on any atom is 0.339 e. The highest BCUT2D eigenvalue weighted by molar-refractivity contribution is 6.36. The first-order chi connectivity index (χ1) is 9.18. The zero-order valence-electron chi connectivity index (χ0n) is 10.9. The van der Waals surface area contributed by atoms with Crippen LogP contribution in [0.25, 0.3) is 0 Å². The van der Waals surface area contributed by atoms with Crippen molar-refractivity contribution in [2.24, 2.45) is 0 Å². The summed E-state index contributed by atoms with van der Waals surface area (Å²) in [5, 5.41) is 0.270. The van der Waals surface area contributed by atoms with E-state index < -0.39 is 5.97 Å². The zero-order chi connectivity index (χ0) is 13.7. The summed E-state index contributed by atoms with van der Waals surface area (Å²) >= 11 is 5.97. The molecule has 0 aliphatic carbocycles. The summed E-state index contributed by atoms with van der Waals surface area (Å²) in [4.78, 5) is 14.2. The Morgan fingerprint density at radius 2 is 2.11 bits per heavy atom. The molecule has 1 aromatic rings. The molecule has 19 heavy (non-hydrogen) atoms. The van der Waals surface area contributed by atoms with Gasteiger partial charge in [0.2, 0.25) is 0 Å². The Hall–Kier alpha value is -1.26. The first-order valence-electron chi connectivity index (χ1n) is 6.62. The lowest BCUT2D eigenvalue weighted by Gasteiger charge is -2.14. The Kier molecular flexibility index (Phi) is 5.05. The summed E-state index contributed by atoms with van der Waals surface area (Å²) in [6.07, 6.45) is 3.41. The molecule has 0 saturated carbocycles. The molecular weight excluding hydrogens is 264 g/mol. The Bertz CT molecular complexity index is 445. The van der Waals surface area contributed by atoms with Crippen LogP contribution in [0.15, 0.2) is 18.2 Å². The normalized spacial score (nSPS) is 15.6. The van der Waals surface area contributed by atoms with Gasteiger partial charge in [0, 0.05) is 6.54 Å². The van der Waals surface area contributed by atoms with Gasteiger partial charge in [-0.2, -0.15) is 0 Å². The van der Waals surface area contributed by atoms with Crippen LogP contribution in [0.4, 0.5) is 5.69 Å². The number of nitrogens with two attached hydrogens (primary N) is 1. The lowest BCUT2D eigenvalue weighted by Crippen LogP contribution is -2.22. The first kappa shape index (κ1) is 14.2. The van der Waals surface area contributed by atoms with Crippen molar-refractivity contribution in [2.75, 3.05) is 32.0 Å².